The van der Waals surface area contributed by atoms with Crippen LogP contribution in [0, 0.1) is 13.8 Å². The summed E-state index contributed by atoms with van der Waals surface area (Å²) in [6.07, 6.45) is 0. The molecule has 1 aromatic rings. The summed E-state index contributed by atoms with van der Waals surface area (Å²) < 4.78 is 0. The molecule has 0 saturated carbocycles. The predicted molar refractivity (Wildman–Crippen MR) is 47.0 cm³/mol. The molecule has 0 fully saturated rings. The number of benzene rings is 1. The van der Waals surface area contributed by atoms with Crippen molar-refractivity contribution in [2.45, 2.75) is 13.8 Å². The second kappa shape index (κ2) is 2.62. The zero-order valence-electron chi connectivity index (χ0n) is 6.48. The van der Waals surface area contributed by atoms with Crippen LogP contribution in [0.2, 0.25) is 5.02 Å². The molecular weight excluding hydrogens is 162 g/mol. The summed E-state index contributed by atoms with van der Waals surface area (Å²) in [6, 6.07) is 1.70. The summed E-state index contributed by atoms with van der Waals surface area (Å²) in [6.45, 7) is 3.54. The Bertz CT molecular complexity index is 270. The highest BCUT2D eigenvalue weighted by Gasteiger charge is 2.07. The van der Waals surface area contributed by atoms with Gasteiger partial charge in [0.25, 0.3) is 0 Å². The van der Waals surface area contributed by atoms with Crippen LogP contribution < -0.4 is 5.73 Å². The Morgan fingerprint density at radius 3 is 2.55 bits per heavy atom. The van der Waals surface area contributed by atoms with E-state index in [0.29, 0.717) is 16.3 Å². The third kappa shape index (κ3) is 1.26. The first kappa shape index (κ1) is 8.21. The standard InChI is InChI=1S/C8H10ClNO/c1-4-3-6(10)5(2)7(9)8(4)11/h3,11H,10H2,1-2H3. The van der Waals surface area contributed by atoms with Gasteiger partial charge < -0.3 is 10.8 Å². The number of halogens is 1. The Morgan fingerprint density at radius 2 is 2.00 bits per heavy atom. The van der Waals surface area contributed by atoms with Gasteiger partial charge in [0.05, 0.1) is 5.02 Å². The van der Waals surface area contributed by atoms with Crippen molar-refractivity contribution in [3.8, 4) is 5.75 Å². The summed E-state index contributed by atoms with van der Waals surface area (Å²) >= 11 is 5.76. The molecule has 0 heterocycles. The molecule has 0 aliphatic carbocycles. The number of nitrogen functional groups attached to an aromatic ring is 1. The maximum Gasteiger partial charge on any atom is 0.137 e. The van der Waals surface area contributed by atoms with Crippen molar-refractivity contribution in [2.24, 2.45) is 0 Å². The van der Waals surface area contributed by atoms with E-state index >= 15 is 0 Å². The van der Waals surface area contributed by atoms with E-state index in [9.17, 15) is 5.11 Å². The smallest absolute Gasteiger partial charge is 0.137 e. The first-order chi connectivity index (χ1) is 5.04. The number of rotatable bonds is 0. The summed E-state index contributed by atoms with van der Waals surface area (Å²) in [4.78, 5) is 0. The van der Waals surface area contributed by atoms with Gasteiger partial charge in [-0.1, -0.05) is 11.6 Å². The zero-order valence-corrected chi connectivity index (χ0v) is 7.24. The third-order valence-corrected chi connectivity index (χ3v) is 2.18. The van der Waals surface area contributed by atoms with E-state index in [1.54, 1.807) is 19.9 Å². The van der Waals surface area contributed by atoms with Crippen molar-refractivity contribution in [3.63, 3.8) is 0 Å². The van der Waals surface area contributed by atoms with Crippen molar-refractivity contribution in [2.75, 3.05) is 5.73 Å². The molecule has 1 rings (SSSR count). The van der Waals surface area contributed by atoms with Gasteiger partial charge in [-0.05, 0) is 31.0 Å². The minimum absolute atomic E-state index is 0.123. The number of hydrogen-bond donors (Lipinski definition) is 2. The van der Waals surface area contributed by atoms with Crippen molar-refractivity contribution >= 4 is 17.3 Å². The average Bonchev–Trinajstić information content (AvgIpc) is 1.97. The molecule has 0 unspecified atom stereocenters. The molecule has 0 saturated heterocycles. The zero-order chi connectivity index (χ0) is 8.59. The molecule has 3 N–H and O–H groups in total. The van der Waals surface area contributed by atoms with Gasteiger partial charge in [-0.3, -0.25) is 0 Å². The SMILES string of the molecule is Cc1cc(N)c(C)c(Cl)c1O. The second-order valence-electron chi connectivity index (χ2n) is 2.57. The van der Waals surface area contributed by atoms with Gasteiger partial charge in [-0.25, -0.2) is 0 Å². The number of anilines is 1. The summed E-state index contributed by atoms with van der Waals surface area (Å²) in [5, 5.41) is 9.67. The third-order valence-electron chi connectivity index (χ3n) is 1.72. The molecule has 0 aliphatic heterocycles. The van der Waals surface area contributed by atoms with Crippen LogP contribution in [0.15, 0.2) is 6.07 Å². The number of phenolic OH excluding ortho intramolecular Hbond substituents is 1. The highest BCUT2D eigenvalue weighted by Crippen LogP contribution is 2.33. The van der Waals surface area contributed by atoms with E-state index in [2.05, 4.69) is 0 Å². The van der Waals surface area contributed by atoms with Gasteiger partial charge in [0.2, 0.25) is 0 Å². The van der Waals surface area contributed by atoms with Crippen molar-refractivity contribution in [3.05, 3.63) is 22.2 Å². The van der Waals surface area contributed by atoms with Crippen LogP contribution in [0.5, 0.6) is 5.75 Å². The Kier molecular flexibility index (Phi) is 1.96. The molecule has 11 heavy (non-hydrogen) atoms. The number of hydrogen-bond acceptors (Lipinski definition) is 2. The first-order valence-corrected chi connectivity index (χ1v) is 3.66. The van der Waals surface area contributed by atoms with Crippen LogP contribution in [-0.2, 0) is 0 Å². The normalized spacial score (nSPS) is 10.1. The highest BCUT2D eigenvalue weighted by molar-refractivity contribution is 6.33. The maximum absolute atomic E-state index is 9.32. The number of phenols is 1. The molecule has 0 radical (unpaired) electrons. The van der Waals surface area contributed by atoms with Crippen molar-refractivity contribution in [1.29, 1.82) is 0 Å². The lowest BCUT2D eigenvalue weighted by atomic mass is 10.1. The van der Waals surface area contributed by atoms with Crippen LogP contribution in [-0.4, -0.2) is 5.11 Å². The minimum atomic E-state index is 0.123. The first-order valence-electron chi connectivity index (χ1n) is 3.28. The van der Waals surface area contributed by atoms with E-state index < -0.39 is 0 Å². The number of aryl methyl sites for hydroxylation is 1. The van der Waals surface area contributed by atoms with E-state index in [1.807, 2.05) is 0 Å². The molecule has 0 amide bonds. The average molecular weight is 172 g/mol. The second-order valence-corrected chi connectivity index (χ2v) is 2.95. The van der Waals surface area contributed by atoms with E-state index in [4.69, 9.17) is 17.3 Å². The summed E-state index contributed by atoms with van der Waals surface area (Å²) in [5.41, 5.74) is 7.65. The van der Waals surface area contributed by atoms with Gasteiger partial charge in [0.15, 0.2) is 0 Å². The van der Waals surface area contributed by atoms with Gasteiger partial charge in [0, 0.05) is 5.69 Å². The Labute approximate surface area is 70.6 Å². The molecule has 2 nitrogen and oxygen atoms in total. The van der Waals surface area contributed by atoms with Gasteiger partial charge in [-0.15, -0.1) is 0 Å². The van der Waals surface area contributed by atoms with Gasteiger partial charge in [0.1, 0.15) is 5.75 Å². The van der Waals surface area contributed by atoms with Crippen molar-refractivity contribution in [1.82, 2.24) is 0 Å². The van der Waals surface area contributed by atoms with Crippen LogP contribution in [0.25, 0.3) is 0 Å². The number of nitrogens with two attached hydrogens (primary N) is 1. The van der Waals surface area contributed by atoms with Crippen LogP contribution in [0.1, 0.15) is 11.1 Å². The molecule has 60 valence electrons. The molecule has 0 spiro atoms. The van der Waals surface area contributed by atoms with Crippen LogP contribution >= 0.6 is 11.6 Å². The van der Waals surface area contributed by atoms with E-state index in [1.165, 1.54) is 0 Å². The Hall–Kier alpha value is -0.890. The topological polar surface area (TPSA) is 46.2 Å². The lowest BCUT2D eigenvalue weighted by molar-refractivity contribution is 0.471. The molecule has 0 aliphatic rings. The molecule has 0 bridgehead atoms. The highest BCUT2D eigenvalue weighted by atomic mass is 35.5. The largest absolute Gasteiger partial charge is 0.506 e. The van der Waals surface area contributed by atoms with E-state index in [-0.39, 0.29) is 5.75 Å². The molecular formula is C8H10ClNO. The molecule has 0 atom stereocenters. The molecule has 1 aromatic carbocycles. The van der Waals surface area contributed by atoms with Crippen LogP contribution in [0.3, 0.4) is 0 Å². The fourth-order valence-electron chi connectivity index (χ4n) is 0.887. The monoisotopic (exact) mass is 171 g/mol. The minimum Gasteiger partial charge on any atom is -0.506 e. The Balaban J connectivity index is 3.46. The van der Waals surface area contributed by atoms with Gasteiger partial charge >= 0.3 is 0 Å². The fraction of sp³-hybridized carbons (Fsp3) is 0.250. The van der Waals surface area contributed by atoms with Crippen molar-refractivity contribution < 1.29 is 5.11 Å². The van der Waals surface area contributed by atoms with E-state index in [0.717, 1.165) is 5.56 Å². The predicted octanol–water partition coefficient (Wildman–Crippen LogP) is 2.24. The summed E-state index contributed by atoms with van der Waals surface area (Å²) in [7, 11) is 0. The lowest BCUT2D eigenvalue weighted by Gasteiger charge is -2.07. The molecule has 0 aromatic heterocycles. The quantitative estimate of drug-likeness (QED) is 0.465. The lowest BCUT2D eigenvalue weighted by Crippen LogP contribution is -1.91. The number of aromatic hydroxyl groups is 1. The van der Waals surface area contributed by atoms with Gasteiger partial charge in [-0.2, -0.15) is 0 Å². The Morgan fingerprint density at radius 1 is 1.45 bits per heavy atom. The molecule has 3 heteroatoms. The summed E-state index contributed by atoms with van der Waals surface area (Å²) in [5.74, 6) is 0.123. The fourth-order valence-corrected chi connectivity index (χ4v) is 1.15. The maximum atomic E-state index is 9.32. The van der Waals surface area contributed by atoms with Crippen LogP contribution in [0.4, 0.5) is 5.69 Å².